The molecule has 2 heterocycles. The van der Waals surface area contributed by atoms with Crippen LogP contribution in [0.2, 0.25) is 5.02 Å². The highest BCUT2D eigenvalue weighted by Gasteiger charge is 2.30. The van der Waals surface area contributed by atoms with Gasteiger partial charge in [-0.15, -0.1) is 0 Å². The average Bonchev–Trinajstić information content (AvgIpc) is 3.18. The number of halogens is 1. The molecule has 0 unspecified atom stereocenters. The summed E-state index contributed by atoms with van der Waals surface area (Å²) in [5, 5.41) is 12.5. The molecular weight excluding hydrogens is 370 g/mol. The normalized spacial score (nSPS) is 14.1. The summed E-state index contributed by atoms with van der Waals surface area (Å²) >= 11 is 5.97. The lowest BCUT2D eigenvalue weighted by Crippen LogP contribution is -2.34. The molecule has 2 amide bonds. The fourth-order valence-corrected chi connectivity index (χ4v) is 2.98. The standard InChI is InChI=1S/C19H14ClN3O4/c20-12-4-5-14-16(9-12)27-18(22-14)11-2-1-3-13(8-11)21-15-10-17(25)23(6-7-24)19(15)26/h1-5,8-10,21,24H,6-7H2. The lowest BCUT2D eigenvalue weighted by atomic mass is 10.2. The Balaban J connectivity index is 1.60. The van der Waals surface area contributed by atoms with Crippen molar-refractivity contribution in [2.75, 3.05) is 18.5 Å². The molecule has 27 heavy (non-hydrogen) atoms. The summed E-state index contributed by atoms with van der Waals surface area (Å²) in [6.07, 6.45) is 1.21. The Morgan fingerprint density at radius 1 is 1.19 bits per heavy atom. The van der Waals surface area contributed by atoms with E-state index in [1.807, 2.05) is 6.07 Å². The fourth-order valence-electron chi connectivity index (χ4n) is 2.82. The van der Waals surface area contributed by atoms with Crippen molar-refractivity contribution in [3.63, 3.8) is 0 Å². The predicted octanol–water partition coefficient (Wildman–Crippen LogP) is 2.81. The van der Waals surface area contributed by atoms with Crippen molar-refractivity contribution >= 4 is 40.2 Å². The van der Waals surface area contributed by atoms with Crippen molar-refractivity contribution in [1.82, 2.24) is 9.88 Å². The second kappa shape index (κ2) is 6.86. The van der Waals surface area contributed by atoms with Crippen molar-refractivity contribution in [3.8, 4) is 11.5 Å². The minimum Gasteiger partial charge on any atom is -0.436 e. The number of nitrogens with zero attached hydrogens (tertiary/aromatic N) is 2. The largest absolute Gasteiger partial charge is 0.436 e. The lowest BCUT2D eigenvalue weighted by Gasteiger charge is -2.13. The third-order valence-electron chi connectivity index (χ3n) is 4.07. The fraction of sp³-hybridized carbons (Fsp3) is 0.105. The zero-order valence-electron chi connectivity index (χ0n) is 14.0. The number of carbonyl (C=O) groups is 2. The molecular formula is C19H14ClN3O4. The summed E-state index contributed by atoms with van der Waals surface area (Å²) < 4.78 is 5.75. The molecule has 7 nitrogen and oxygen atoms in total. The summed E-state index contributed by atoms with van der Waals surface area (Å²) in [7, 11) is 0. The monoisotopic (exact) mass is 383 g/mol. The average molecular weight is 384 g/mol. The highest BCUT2D eigenvalue weighted by molar-refractivity contribution is 6.31. The van der Waals surface area contributed by atoms with E-state index >= 15 is 0 Å². The minimum absolute atomic E-state index is 0.0369. The number of amides is 2. The molecule has 0 fully saturated rings. The van der Waals surface area contributed by atoms with Crippen molar-refractivity contribution in [2.24, 2.45) is 0 Å². The van der Waals surface area contributed by atoms with Crippen LogP contribution in [0.15, 0.2) is 58.7 Å². The van der Waals surface area contributed by atoms with Crippen molar-refractivity contribution < 1.29 is 19.1 Å². The maximum atomic E-state index is 12.2. The maximum absolute atomic E-state index is 12.2. The molecule has 2 N–H and O–H groups in total. The van der Waals surface area contributed by atoms with Gasteiger partial charge in [-0.05, 0) is 30.3 Å². The molecule has 0 spiro atoms. The topological polar surface area (TPSA) is 95.7 Å². The second-order valence-corrected chi connectivity index (χ2v) is 6.35. The van der Waals surface area contributed by atoms with E-state index in [9.17, 15) is 9.59 Å². The molecule has 136 valence electrons. The first-order valence-corrected chi connectivity index (χ1v) is 8.55. The summed E-state index contributed by atoms with van der Waals surface area (Å²) in [6, 6.07) is 12.3. The molecule has 8 heteroatoms. The Labute approximate surface area is 158 Å². The van der Waals surface area contributed by atoms with Crippen LogP contribution in [-0.4, -0.2) is 40.0 Å². The van der Waals surface area contributed by atoms with Gasteiger partial charge < -0.3 is 14.8 Å². The number of fused-ring (bicyclic) bond motifs is 1. The Kier molecular flexibility index (Phi) is 4.39. The molecule has 2 aromatic carbocycles. The Bertz CT molecular complexity index is 1090. The quantitative estimate of drug-likeness (QED) is 0.658. The van der Waals surface area contributed by atoms with Gasteiger partial charge >= 0.3 is 0 Å². The molecule has 0 saturated heterocycles. The van der Waals surface area contributed by atoms with E-state index in [2.05, 4.69) is 10.3 Å². The first-order valence-electron chi connectivity index (χ1n) is 8.17. The molecule has 0 radical (unpaired) electrons. The number of anilines is 1. The number of aromatic nitrogens is 1. The molecule has 4 rings (SSSR count). The van der Waals surface area contributed by atoms with Crippen LogP contribution in [0.5, 0.6) is 0 Å². The number of aliphatic hydroxyl groups excluding tert-OH is 1. The number of nitrogens with one attached hydrogen (secondary N) is 1. The van der Waals surface area contributed by atoms with Crippen LogP contribution >= 0.6 is 11.6 Å². The van der Waals surface area contributed by atoms with Gasteiger partial charge in [-0.25, -0.2) is 4.98 Å². The Hall–Kier alpha value is -3.16. The van der Waals surface area contributed by atoms with Gasteiger partial charge in [0.1, 0.15) is 11.2 Å². The van der Waals surface area contributed by atoms with Gasteiger partial charge in [-0.2, -0.15) is 0 Å². The number of oxazole rings is 1. The summed E-state index contributed by atoms with van der Waals surface area (Å²) in [4.78, 5) is 29.5. The van der Waals surface area contributed by atoms with Crippen LogP contribution in [0.1, 0.15) is 0 Å². The molecule has 1 aromatic heterocycles. The number of hydrogen-bond acceptors (Lipinski definition) is 6. The van der Waals surface area contributed by atoms with Gasteiger partial charge in [0.05, 0.1) is 13.2 Å². The van der Waals surface area contributed by atoms with E-state index in [-0.39, 0.29) is 18.8 Å². The van der Waals surface area contributed by atoms with Gasteiger partial charge in [0.2, 0.25) is 5.89 Å². The molecule has 1 aliphatic rings. The Morgan fingerprint density at radius 3 is 2.85 bits per heavy atom. The third kappa shape index (κ3) is 3.30. The number of β-amino-alcohol motifs (C(OH)–C–C–N with tert-alkyl or cyclic N) is 1. The molecule has 0 atom stereocenters. The van der Waals surface area contributed by atoms with Crippen LogP contribution in [0.4, 0.5) is 5.69 Å². The molecule has 0 aliphatic carbocycles. The number of imide groups is 1. The van der Waals surface area contributed by atoms with Crippen LogP contribution < -0.4 is 5.32 Å². The third-order valence-corrected chi connectivity index (χ3v) is 4.31. The number of rotatable bonds is 5. The van der Waals surface area contributed by atoms with Crippen molar-refractivity contribution in [3.05, 3.63) is 59.3 Å². The first-order chi connectivity index (χ1) is 13.0. The summed E-state index contributed by atoms with van der Waals surface area (Å²) in [6.45, 7) is -0.319. The summed E-state index contributed by atoms with van der Waals surface area (Å²) in [5.41, 5.74) is 2.72. The van der Waals surface area contributed by atoms with Crippen molar-refractivity contribution in [2.45, 2.75) is 0 Å². The number of carbonyl (C=O) groups excluding carboxylic acids is 2. The lowest BCUT2D eigenvalue weighted by molar-refractivity contribution is -0.137. The first kappa shape index (κ1) is 17.3. The van der Waals surface area contributed by atoms with E-state index in [1.54, 1.807) is 36.4 Å². The van der Waals surface area contributed by atoms with Crippen LogP contribution in [0.3, 0.4) is 0 Å². The van der Waals surface area contributed by atoms with E-state index in [0.29, 0.717) is 33.3 Å². The highest BCUT2D eigenvalue weighted by Crippen LogP contribution is 2.28. The smallest absolute Gasteiger partial charge is 0.277 e. The van der Waals surface area contributed by atoms with Gasteiger partial charge in [0.25, 0.3) is 11.8 Å². The Morgan fingerprint density at radius 2 is 2.04 bits per heavy atom. The highest BCUT2D eigenvalue weighted by atomic mass is 35.5. The van der Waals surface area contributed by atoms with E-state index in [0.717, 1.165) is 4.90 Å². The van der Waals surface area contributed by atoms with Gasteiger partial charge in [-0.3, -0.25) is 14.5 Å². The maximum Gasteiger partial charge on any atom is 0.277 e. The minimum atomic E-state index is -0.476. The van der Waals surface area contributed by atoms with Crippen LogP contribution in [0, 0.1) is 0 Å². The molecule has 0 bridgehead atoms. The molecule has 0 saturated carbocycles. The summed E-state index contributed by atoms with van der Waals surface area (Å²) in [5.74, 6) is -0.514. The zero-order valence-corrected chi connectivity index (χ0v) is 14.7. The number of aliphatic hydroxyl groups is 1. The van der Waals surface area contributed by atoms with E-state index in [1.165, 1.54) is 6.08 Å². The van der Waals surface area contributed by atoms with Gasteiger partial charge in [0.15, 0.2) is 5.58 Å². The van der Waals surface area contributed by atoms with E-state index < -0.39 is 11.8 Å². The number of benzene rings is 2. The molecule has 1 aliphatic heterocycles. The van der Waals surface area contributed by atoms with E-state index in [4.69, 9.17) is 21.1 Å². The second-order valence-electron chi connectivity index (χ2n) is 5.91. The van der Waals surface area contributed by atoms with Gasteiger partial charge in [-0.1, -0.05) is 17.7 Å². The predicted molar refractivity (Wildman–Crippen MR) is 100.0 cm³/mol. The van der Waals surface area contributed by atoms with Crippen LogP contribution in [-0.2, 0) is 9.59 Å². The zero-order chi connectivity index (χ0) is 19.0. The van der Waals surface area contributed by atoms with Crippen molar-refractivity contribution in [1.29, 1.82) is 0 Å². The SMILES string of the molecule is O=C1C=C(Nc2cccc(-c3nc4ccc(Cl)cc4o3)c2)C(=O)N1CCO. The van der Waals surface area contributed by atoms with Crippen LogP contribution in [0.25, 0.3) is 22.6 Å². The molecule has 3 aromatic rings. The van der Waals surface area contributed by atoms with Gasteiger partial charge in [0, 0.05) is 28.4 Å². The number of hydrogen-bond donors (Lipinski definition) is 2.